The summed E-state index contributed by atoms with van der Waals surface area (Å²) in [5.74, 6) is 0.373. The average Bonchev–Trinajstić information content (AvgIpc) is 2.77. The van der Waals surface area contributed by atoms with Gasteiger partial charge >= 0.3 is 0 Å². The summed E-state index contributed by atoms with van der Waals surface area (Å²) in [5.41, 5.74) is 0.459. The number of piperidine rings is 1. The highest BCUT2D eigenvalue weighted by Crippen LogP contribution is 2.23. The van der Waals surface area contributed by atoms with Crippen molar-refractivity contribution in [1.29, 1.82) is 0 Å². The topological polar surface area (TPSA) is 79.0 Å². The lowest BCUT2D eigenvalue weighted by Crippen LogP contribution is -2.54. The molecule has 29 heavy (non-hydrogen) atoms. The van der Waals surface area contributed by atoms with Crippen molar-refractivity contribution in [3.63, 3.8) is 0 Å². The van der Waals surface area contributed by atoms with Gasteiger partial charge in [0.1, 0.15) is 11.8 Å². The number of amides is 3. The maximum atomic E-state index is 13.2. The molecule has 1 atom stereocenters. The molecule has 1 N–H and O–H groups in total. The minimum atomic E-state index is -0.604. The third-order valence-corrected chi connectivity index (χ3v) is 5.63. The highest BCUT2D eigenvalue weighted by Gasteiger charge is 2.35. The Kier molecular flexibility index (Phi) is 8.49. The van der Waals surface area contributed by atoms with E-state index in [4.69, 9.17) is 4.74 Å². The van der Waals surface area contributed by atoms with Crippen LogP contribution in [-0.4, -0.2) is 66.9 Å². The van der Waals surface area contributed by atoms with Crippen LogP contribution in [0, 0.1) is 5.92 Å². The molecule has 0 aromatic heterocycles. The van der Waals surface area contributed by atoms with Crippen LogP contribution < -0.4 is 10.1 Å². The first-order valence-electron chi connectivity index (χ1n) is 10.5. The van der Waals surface area contributed by atoms with Gasteiger partial charge in [0.25, 0.3) is 5.91 Å². The second-order valence-electron chi connectivity index (χ2n) is 7.27. The largest absolute Gasteiger partial charge is 0.497 e. The molecule has 160 valence electrons. The second kappa shape index (κ2) is 10.8. The summed E-state index contributed by atoms with van der Waals surface area (Å²) < 4.78 is 5.20. The number of carbonyl (C=O) groups is 3. The Morgan fingerprint density at radius 3 is 2.38 bits per heavy atom. The second-order valence-corrected chi connectivity index (χ2v) is 7.27. The van der Waals surface area contributed by atoms with E-state index in [1.165, 1.54) is 0 Å². The minimum Gasteiger partial charge on any atom is -0.497 e. The predicted molar refractivity (Wildman–Crippen MR) is 112 cm³/mol. The van der Waals surface area contributed by atoms with E-state index in [9.17, 15) is 14.4 Å². The van der Waals surface area contributed by atoms with Crippen LogP contribution in [0.25, 0.3) is 0 Å². The number of methoxy groups -OCH3 is 1. The lowest BCUT2D eigenvalue weighted by atomic mass is 9.88. The van der Waals surface area contributed by atoms with Gasteiger partial charge in [0.15, 0.2) is 0 Å². The number of hydrogen-bond acceptors (Lipinski definition) is 4. The van der Waals surface area contributed by atoms with Crippen molar-refractivity contribution >= 4 is 17.7 Å². The summed E-state index contributed by atoms with van der Waals surface area (Å²) >= 11 is 0. The van der Waals surface area contributed by atoms with Crippen molar-refractivity contribution in [3.05, 3.63) is 29.8 Å². The molecule has 0 spiro atoms. The number of likely N-dealkylation sites (N-methyl/N-ethyl adjacent to an activating group) is 1. The molecule has 1 aliphatic rings. The molecule has 7 nitrogen and oxygen atoms in total. The zero-order chi connectivity index (χ0) is 21.4. The number of benzene rings is 1. The van der Waals surface area contributed by atoms with Crippen LogP contribution in [0.1, 0.15) is 50.4 Å². The Hall–Kier alpha value is -2.57. The summed E-state index contributed by atoms with van der Waals surface area (Å²) in [6, 6.07) is 6.29. The van der Waals surface area contributed by atoms with Gasteiger partial charge in [-0.25, -0.2) is 0 Å². The highest BCUT2D eigenvalue weighted by molar-refractivity contribution is 5.98. The molecule has 0 saturated carbocycles. The van der Waals surface area contributed by atoms with E-state index < -0.39 is 6.04 Å². The molecule has 1 aromatic rings. The van der Waals surface area contributed by atoms with Crippen LogP contribution >= 0.6 is 0 Å². The number of carbonyl (C=O) groups excluding carboxylic acids is 3. The maximum Gasteiger partial charge on any atom is 0.252 e. The Labute approximate surface area is 173 Å². The van der Waals surface area contributed by atoms with Crippen LogP contribution in [-0.2, 0) is 9.59 Å². The maximum absolute atomic E-state index is 13.2. The van der Waals surface area contributed by atoms with Gasteiger partial charge in [-0.15, -0.1) is 0 Å². The van der Waals surface area contributed by atoms with Gasteiger partial charge < -0.3 is 19.9 Å². The number of rotatable bonds is 8. The predicted octanol–water partition coefficient (Wildman–Crippen LogP) is 2.31. The van der Waals surface area contributed by atoms with Gasteiger partial charge in [-0.05, 0) is 50.8 Å². The summed E-state index contributed by atoms with van der Waals surface area (Å²) in [5, 5.41) is 2.97. The van der Waals surface area contributed by atoms with E-state index >= 15 is 0 Å². The van der Waals surface area contributed by atoms with E-state index in [0.29, 0.717) is 56.8 Å². The first-order chi connectivity index (χ1) is 13.9. The minimum absolute atomic E-state index is 0.00133. The summed E-state index contributed by atoms with van der Waals surface area (Å²) in [6.45, 7) is 8.15. The fraction of sp³-hybridized carbons (Fsp3) is 0.591. The van der Waals surface area contributed by atoms with Crippen molar-refractivity contribution in [2.45, 2.75) is 46.1 Å². The first kappa shape index (κ1) is 22.7. The molecule has 0 aliphatic carbocycles. The number of nitrogens with one attached hydrogen (secondary N) is 1. The molecular weight excluding hydrogens is 370 g/mol. The highest BCUT2D eigenvalue weighted by atomic mass is 16.5. The number of nitrogens with zero attached hydrogens (tertiary/aromatic N) is 2. The summed E-state index contributed by atoms with van der Waals surface area (Å²) in [7, 11) is 1.55. The van der Waals surface area contributed by atoms with Crippen LogP contribution in [0.2, 0.25) is 0 Å². The number of hydrogen-bond donors (Lipinski definition) is 1. The molecule has 0 radical (unpaired) electrons. The van der Waals surface area contributed by atoms with Gasteiger partial charge in [0.05, 0.1) is 7.11 Å². The van der Waals surface area contributed by atoms with Gasteiger partial charge in [-0.1, -0.05) is 13.0 Å². The van der Waals surface area contributed by atoms with E-state index in [2.05, 4.69) is 5.32 Å². The molecule has 1 aromatic carbocycles. The quantitative estimate of drug-likeness (QED) is 0.722. The summed E-state index contributed by atoms with van der Waals surface area (Å²) in [4.78, 5) is 41.6. The first-order valence-corrected chi connectivity index (χ1v) is 10.5. The van der Waals surface area contributed by atoms with Crippen LogP contribution in [0.15, 0.2) is 24.3 Å². The molecule has 1 fully saturated rings. The number of likely N-dealkylation sites (tertiary alicyclic amines) is 1. The van der Waals surface area contributed by atoms with Crippen molar-refractivity contribution in [2.24, 2.45) is 5.92 Å². The Morgan fingerprint density at radius 1 is 1.17 bits per heavy atom. The van der Waals surface area contributed by atoms with E-state index in [-0.39, 0.29) is 23.6 Å². The Balaban J connectivity index is 2.18. The van der Waals surface area contributed by atoms with Crippen LogP contribution in [0.4, 0.5) is 0 Å². The van der Waals surface area contributed by atoms with Gasteiger partial charge in [-0.2, -0.15) is 0 Å². The monoisotopic (exact) mass is 403 g/mol. The number of ether oxygens (including phenoxy) is 1. The third kappa shape index (κ3) is 5.71. The van der Waals surface area contributed by atoms with Crippen molar-refractivity contribution in [1.82, 2.24) is 15.1 Å². The molecule has 1 aliphatic heterocycles. The van der Waals surface area contributed by atoms with Gasteiger partial charge in [-0.3, -0.25) is 14.4 Å². The Bertz CT molecular complexity index is 710. The SMILES string of the molecule is CCC(=O)N1CCC([C@H](NC(=O)c2cccc(OC)c2)C(=O)N(CC)CC)CC1. The van der Waals surface area contributed by atoms with Crippen molar-refractivity contribution < 1.29 is 19.1 Å². The zero-order valence-electron chi connectivity index (χ0n) is 17.9. The molecule has 7 heteroatoms. The average molecular weight is 404 g/mol. The molecular formula is C22H33N3O4. The molecule has 0 unspecified atom stereocenters. The van der Waals surface area contributed by atoms with Crippen LogP contribution in [0.3, 0.4) is 0 Å². The molecule has 1 heterocycles. The lowest BCUT2D eigenvalue weighted by Gasteiger charge is -2.37. The van der Waals surface area contributed by atoms with E-state index in [1.807, 2.05) is 25.7 Å². The van der Waals surface area contributed by atoms with Gasteiger partial charge in [0, 0.05) is 38.2 Å². The fourth-order valence-corrected chi connectivity index (χ4v) is 3.81. The van der Waals surface area contributed by atoms with E-state index in [1.54, 1.807) is 36.3 Å². The third-order valence-electron chi connectivity index (χ3n) is 5.63. The van der Waals surface area contributed by atoms with Crippen LogP contribution in [0.5, 0.6) is 5.75 Å². The van der Waals surface area contributed by atoms with E-state index in [0.717, 1.165) is 0 Å². The molecule has 2 rings (SSSR count). The molecule has 1 saturated heterocycles. The lowest BCUT2D eigenvalue weighted by molar-refractivity contribution is -0.135. The van der Waals surface area contributed by atoms with Crippen molar-refractivity contribution in [3.8, 4) is 5.75 Å². The zero-order valence-corrected chi connectivity index (χ0v) is 17.9. The van der Waals surface area contributed by atoms with Crippen molar-refractivity contribution in [2.75, 3.05) is 33.3 Å². The molecule has 0 bridgehead atoms. The molecule has 3 amide bonds. The summed E-state index contributed by atoms with van der Waals surface area (Å²) in [6.07, 6.45) is 1.88. The standard InChI is InChI=1S/C22H33N3O4/c1-5-19(26)25-13-11-16(12-14-25)20(22(28)24(6-2)7-3)23-21(27)17-9-8-10-18(15-17)29-4/h8-10,15-16,20H,5-7,11-14H2,1-4H3,(H,23,27)/t20-/m0/s1. The Morgan fingerprint density at radius 2 is 1.83 bits per heavy atom. The fourth-order valence-electron chi connectivity index (χ4n) is 3.81. The smallest absolute Gasteiger partial charge is 0.252 e. The van der Waals surface area contributed by atoms with Gasteiger partial charge in [0.2, 0.25) is 11.8 Å². The normalized spacial score (nSPS) is 15.5.